The number of esters is 1. The van der Waals surface area contributed by atoms with Crippen molar-refractivity contribution < 1.29 is 24.2 Å². The van der Waals surface area contributed by atoms with Crippen LogP contribution in [0, 0.1) is 0 Å². The second-order valence-electron chi connectivity index (χ2n) is 6.14. The van der Waals surface area contributed by atoms with Crippen LogP contribution in [0.2, 0.25) is 0 Å². The normalized spacial score (nSPS) is 12.4. The highest BCUT2D eigenvalue weighted by atomic mass is 16.6. The maximum atomic E-state index is 11.8. The molecule has 1 atom stereocenters. The van der Waals surface area contributed by atoms with Gasteiger partial charge in [-0.3, -0.25) is 0 Å². The van der Waals surface area contributed by atoms with Gasteiger partial charge in [-0.2, -0.15) is 0 Å². The van der Waals surface area contributed by atoms with Gasteiger partial charge in [0.05, 0.1) is 24.8 Å². The molecule has 1 aromatic rings. The predicted molar refractivity (Wildman–Crippen MR) is 86.2 cm³/mol. The molecule has 0 heterocycles. The maximum absolute atomic E-state index is 11.8. The van der Waals surface area contributed by atoms with Crippen molar-refractivity contribution in [3.8, 4) is 0 Å². The highest BCUT2D eigenvalue weighted by Gasteiger charge is 2.20. The van der Waals surface area contributed by atoms with E-state index in [1.807, 2.05) is 6.92 Å². The van der Waals surface area contributed by atoms with Crippen molar-refractivity contribution in [2.24, 2.45) is 0 Å². The van der Waals surface area contributed by atoms with Crippen LogP contribution in [-0.2, 0) is 9.47 Å². The van der Waals surface area contributed by atoms with E-state index in [1.165, 1.54) is 0 Å². The summed E-state index contributed by atoms with van der Waals surface area (Å²) in [6, 6.07) is 5.94. The Bertz CT molecular complexity index is 519. The summed E-state index contributed by atoms with van der Waals surface area (Å²) < 4.78 is 10.2. The van der Waals surface area contributed by atoms with Crippen molar-refractivity contribution in [2.75, 3.05) is 13.2 Å². The zero-order valence-electron chi connectivity index (χ0n) is 14.1. The van der Waals surface area contributed by atoms with E-state index in [-0.39, 0.29) is 12.6 Å². The van der Waals surface area contributed by atoms with Gasteiger partial charge in [-0.05, 0) is 44.9 Å². The molecule has 23 heavy (non-hydrogen) atoms. The monoisotopic (exact) mass is 323 g/mol. The fraction of sp³-hybridized carbons (Fsp3) is 0.529. The van der Waals surface area contributed by atoms with Crippen LogP contribution in [-0.4, -0.2) is 36.0 Å². The summed E-state index contributed by atoms with van der Waals surface area (Å²) in [7, 11) is 0. The summed E-state index contributed by atoms with van der Waals surface area (Å²) in [5.74, 6) is -0.390. The zero-order valence-corrected chi connectivity index (χ0v) is 14.1. The molecular weight excluding hydrogens is 298 g/mol. The lowest BCUT2D eigenvalue weighted by Crippen LogP contribution is -2.36. The van der Waals surface area contributed by atoms with E-state index in [0.717, 1.165) is 6.42 Å². The fourth-order valence-electron chi connectivity index (χ4n) is 1.81. The van der Waals surface area contributed by atoms with Crippen LogP contribution < -0.4 is 5.32 Å². The molecule has 1 aromatic carbocycles. The number of aliphatic hydroxyl groups excluding tert-OH is 1. The lowest BCUT2D eigenvalue weighted by Gasteiger charge is -2.23. The van der Waals surface area contributed by atoms with Gasteiger partial charge in [-0.25, -0.2) is 9.59 Å². The zero-order chi connectivity index (χ0) is 17.5. The Morgan fingerprint density at radius 3 is 2.30 bits per heavy atom. The molecule has 0 spiro atoms. The molecular formula is C17H25NO5. The van der Waals surface area contributed by atoms with Gasteiger partial charge in [0.1, 0.15) is 5.60 Å². The third kappa shape index (κ3) is 6.69. The highest BCUT2D eigenvalue weighted by molar-refractivity contribution is 5.89. The van der Waals surface area contributed by atoms with Gasteiger partial charge in [-0.1, -0.05) is 19.1 Å². The van der Waals surface area contributed by atoms with Crippen molar-refractivity contribution >= 4 is 12.1 Å². The summed E-state index contributed by atoms with van der Waals surface area (Å²) in [4.78, 5) is 23.5. The first-order valence-electron chi connectivity index (χ1n) is 7.64. The molecule has 0 aliphatic heterocycles. The van der Waals surface area contributed by atoms with Crippen molar-refractivity contribution in [1.82, 2.24) is 5.32 Å². The number of ether oxygens (including phenoxy) is 2. The third-order valence-electron chi connectivity index (χ3n) is 2.86. The molecule has 0 aromatic heterocycles. The summed E-state index contributed by atoms with van der Waals surface area (Å²) in [6.45, 7) is 7.30. The van der Waals surface area contributed by atoms with Gasteiger partial charge in [0.2, 0.25) is 0 Å². The van der Waals surface area contributed by atoms with Crippen LogP contribution in [0.1, 0.15) is 56.1 Å². The number of aliphatic hydroxyl groups is 1. The van der Waals surface area contributed by atoms with E-state index in [9.17, 15) is 14.7 Å². The van der Waals surface area contributed by atoms with Crippen LogP contribution >= 0.6 is 0 Å². The number of rotatable bonds is 6. The van der Waals surface area contributed by atoms with Gasteiger partial charge in [0.25, 0.3) is 0 Å². The number of carbonyl (C=O) groups excluding carboxylic acids is 2. The minimum atomic E-state index is -0.614. The van der Waals surface area contributed by atoms with E-state index in [4.69, 9.17) is 9.47 Å². The number of alkyl carbamates (subject to hydrolysis) is 1. The molecule has 0 aliphatic carbocycles. The van der Waals surface area contributed by atoms with Crippen molar-refractivity contribution in [1.29, 1.82) is 0 Å². The number of hydrogen-bond acceptors (Lipinski definition) is 5. The van der Waals surface area contributed by atoms with E-state index >= 15 is 0 Å². The molecule has 1 unspecified atom stereocenters. The van der Waals surface area contributed by atoms with Crippen LogP contribution in [0.3, 0.4) is 0 Å². The van der Waals surface area contributed by atoms with E-state index in [2.05, 4.69) is 5.32 Å². The number of carbonyl (C=O) groups is 2. The Morgan fingerprint density at radius 1 is 1.22 bits per heavy atom. The average Bonchev–Trinajstić information content (AvgIpc) is 2.48. The Kier molecular flexibility index (Phi) is 7.03. The van der Waals surface area contributed by atoms with Gasteiger partial charge < -0.3 is 19.9 Å². The van der Waals surface area contributed by atoms with E-state index in [0.29, 0.717) is 17.7 Å². The van der Waals surface area contributed by atoms with E-state index in [1.54, 1.807) is 45.0 Å². The first-order valence-corrected chi connectivity index (χ1v) is 7.64. The Hall–Kier alpha value is -2.08. The quantitative estimate of drug-likeness (QED) is 0.786. The SMILES string of the molecule is CCCOC(=O)c1ccc(C(CO)NC(=O)OC(C)(C)C)cc1. The van der Waals surface area contributed by atoms with Gasteiger partial charge in [0, 0.05) is 0 Å². The molecule has 2 N–H and O–H groups in total. The lowest BCUT2D eigenvalue weighted by molar-refractivity contribution is 0.0476. The summed E-state index contributed by atoms with van der Waals surface area (Å²) >= 11 is 0. The Labute approximate surface area is 136 Å². The standard InChI is InChI=1S/C17H25NO5/c1-5-10-22-15(20)13-8-6-12(7-9-13)14(11-19)18-16(21)23-17(2,3)4/h6-9,14,19H,5,10-11H2,1-4H3,(H,18,21). The number of amides is 1. The van der Waals surface area contributed by atoms with E-state index < -0.39 is 17.7 Å². The molecule has 0 bridgehead atoms. The smallest absolute Gasteiger partial charge is 0.408 e. The largest absolute Gasteiger partial charge is 0.462 e. The van der Waals surface area contributed by atoms with Crippen LogP contribution in [0.25, 0.3) is 0 Å². The van der Waals surface area contributed by atoms with Gasteiger partial charge >= 0.3 is 12.1 Å². The Balaban J connectivity index is 2.72. The molecule has 6 heteroatoms. The molecule has 128 valence electrons. The molecule has 0 fully saturated rings. The number of nitrogens with one attached hydrogen (secondary N) is 1. The van der Waals surface area contributed by atoms with Crippen molar-refractivity contribution in [3.63, 3.8) is 0 Å². The molecule has 0 saturated heterocycles. The second kappa shape index (κ2) is 8.53. The first kappa shape index (κ1) is 19.0. The van der Waals surface area contributed by atoms with Crippen molar-refractivity contribution in [2.45, 2.75) is 45.8 Å². The van der Waals surface area contributed by atoms with Crippen molar-refractivity contribution in [3.05, 3.63) is 35.4 Å². The molecule has 0 radical (unpaired) electrons. The third-order valence-corrected chi connectivity index (χ3v) is 2.86. The number of hydrogen-bond donors (Lipinski definition) is 2. The van der Waals surface area contributed by atoms with Gasteiger partial charge in [0.15, 0.2) is 0 Å². The summed E-state index contributed by atoms with van der Waals surface area (Å²) in [5, 5.41) is 12.1. The Morgan fingerprint density at radius 2 is 1.83 bits per heavy atom. The minimum Gasteiger partial charge on any atom is -0.462 e. The minimum absolute atomic E-state index is 0.279. The second-order valence-corrected chi connectivity index (χ2v) is 6.14. The lowest BCUT2D eigenvalue weighted by atomic mass is 10.1. The maximum Gasteiger partial charge on any atom is 0.408 e. The average molecular weight is 323 g/mol. The van der Waals surface area contributed by atoms with Crippen LogP contribution in [0.4, 0.5) is 4.79 Å². The van der Waals surface area contributed by atoms with Crippen LogP contribution in [0.5, 0.6) is 0 Å². The molecule has 6 nitrogen and oxygen atoms in total. The molecule has 0 aliphatic rings. The fourth-order valence-corrected chi connectivity index (χ4v) is 1.81. The van der Waals surface area contributed by atoms with Gasteiger partial charge in [-0.15, -0.1) is 0 Å². The summed E-state index contributed by atoms with van der Waals surface area (Å²) in [5.41, 5.74) is 0.485. The van der Waals surface area contributed by atoms with Crippen LogP contribution in [0.15, 0.2) is 24.3 Å². The predicted octanol–water partition coefficient (Wildman–Crippen LogP) is 2.81. The molecule has 1 amide bonds. The first-order chi connectivity index (χ1) is 10.8. The summed E-state index contributed by atoms with van der Waals surface area (Å²) in [6.07, 6.45) is 0.152. The topological polar surface area (TPSA) is 84.9 Å². The highest BCUT2D eigenvalue weighted by Crippen LogP contribution is 2.16. The molecule has 1 rings (SSSR count). The molecule has 0 saturated carbocycles. The number of benzene rings is 1.